The number of hydrogen-bond acceptors (Lipinski definition) is 9. The number of nitrogens with zero attached hydrogens (tertiary/aromatic N) is 4. The van der Waals surface area contributed by atoms with Crippen molar-refractivity contribution in [1.29, 1.82) is 0 Å². The molecule has 3 aromatic rings. The van der Waals surface area contributed by atoms with E-state index in [2.05, 4.69) is 24.6 Å². The Morgan fingerprint density at radius 3 is 2.22 bits per heavy atom. The van der Waals surface area contributed by atoms with E-state index in [1.807, 2.05) is 110 Å². The summed E-state index contributed by atoms with van der Waals surface area (Å²) >= 11 is 0. The summed E-state index contributed by atoms with van der Waals surface area (Å²) in [5.74, 6) is -0.524. The zero-order valence-corrected chi connectivity index (χ0v) is 33.4. The molecular formula is C38H58N4O7Si. The monoisotopic (exact) mass is 710 g/mol. The van der Waals surface area contributed by atoms with E-state index in [0.29, 0.717) is 30.1 Å². The van der Waals surface area contributed by atoms with E-state index >= 15 is 0 Å². The zero-order chi connectivity index (χ0) is 36.9. The van der Waals surface area contributed by atoms with Crippen LogP contribution in [-0.2, 0) is 37.0 Å². The van der Waals surface area contributed by atoms with Gasteiger partial charge in [0.05, 0.1) is 24.3 Å². The van der Waals surface area contributed by atoms with Gasteiger partial charge in [0, 0.05) is 26.4 Å². The second-order valence-corrected chi connectivity index (χ2v) is 23.2. The predicted octanol–water partition coefficient (Wildman–Crippen LogP) is 8.10. The largest absolute Gasteiger partial charge is 0.471 e. The lowest BCUT2D eigenvalue weighted by atomic mass is 9.79. The van der Waals surface area contributed by atoms with E-state index in [1.165, 1.54) is 6.33 Å². The second kappa shape index (κ2) is 13.5. The molecule has 0 radical (unpaired) electrons. The molecule has 276 valence electrons. The van der Waals surface area contributed by atoms with Gasteiger partial charge >= 0.3 is 6.09 Å². The Labute approximate surface area is 298 Å². The summed E-state index contributed by atoms with van der Waals surface area (Å²) in [4.78, 5) is 25.7. The molecule has 2 fully saturated rings. The van der Waals surface area contributed by atoms with Crippen LogP contribution in [0.4, 0.5) is 4.79 Å². The Morgan fingerprint density at radius 1 is 0.940 bits per heavy atom. The van der Waals surface area contributed by atoms with Crippen molar-refractivity contribution >= 4 is 25.2 Å². The van der Waals surface area contributed by atoms with Crippen LogP contribution in [0.1, 0.15) is 86.4 Å². The highest BCUT2D eigenvalue weighted by Gasteiger charge is 2.74. The molecule has 0 aliphatic carbocycles. The molecule has 2 saturated heterocycles. The first-order valence-electron chi connectivity index (χ1n) is 17.7. The number of ether oxygens (including phenoxy) is 6. The lowest BCUT2D eigenvalue weighted by Gasteiger charge is -2.38. The summed E-state index contributed by atoms with van der Waals surface area (Å²) < 4.78 is 40.9. The van der Waals surface area contributed by atoms with Gasteiger partial charge in [0.2, 0.25) is 5.88 Å². The number of rotatable bonds is 11. The molecule has 50 heavy (non-hydrogen) atoms. The molecule has 2 aromatic heterocycles. The third-order valence-electron chi connectivity index (χ3n) is 9.34. The first-order valence-corrected chi connectivity index (χ1v) is 21.4. The van der Waals surface area contributed by atoms with Crippen molar-refractivity contribution in [3.8, 4) is 5.88 Å². The average Bonchev–Trinajstić information content (AvgIpc) is 3.49. The van der Waals surface area contributed by atoms with Gasteiger partial charge in [0.15, 0.2) is 5.79 Å². The standard InChI is InChI=1S/C38H58N4O7Si/c1-34(2,3)46-23-28-37(9)38(10,49-36(7,8)48-37)31(42(28)33(43)47-35(4,5)6)27-21-41(25-44-19-20-50(11,12)13)30-29(27)39-24-40-32(30)45-22-26-17-15-14-16-18-26/h14-18,21,24,28,31H,19-20,22-23,25H2,1-13H3/t28-,31+,37-,38+/m1/s1. The quantitative estimate of drug-likeness (QED) is 0.144. The smallest absolute Gasteiger partial charge is 0.411 e. The fourth-order valence-electron chi connectivity index (χ4n) is 7.04. The highest BCUT2D eigenvalue weighted by molar-refractivity contribution is 6.76. The molecule has 12 heteroatoms. The van der Waals surface area contributed by atoms with Gasteiger partial charge in [0.25, 0.3) is 0 Å². The number of fused-ring (bicyclic) bond motifs is 2. The van der Waals surface area contributed by atoms with Gasteiger partial charge < -0.3 is 33.0 Å². The molecule has 4 heterocycles. The van der Waals surface area contributed by atoms with Crippen molar-refractivity contribution in [3.05, 3.63) is 54.0 Å². The van der Waals surface area contributed by atoms with Crippen molar-refractivity contribution < 1.29 is 33.2 Å². The van der Waals surface area contributed by atoms with Gasteiger partial charge in [0.1, 0.15) is 47.5 Å². The summed E-state index contributed by atoms with van der Waals surface area (Å²) in [5, 5.41) is 0. The first-order chi connectivity index (χ1) is 23.0. The number of carbonyl (C=O) groups is 1. The van der Waals surface area contributed by atoms with Gasteiger partial charge in [-0.1, -0.05) is 50.0 Å². The fourth-order valence-corrected chi connectivity index (χ4v) is 7.80. The lowest BCUT2D eigenvalue weighted by molar-refractivity contribution is -0.195. The number of carbonyl (C=O) groups excluding carboxylic acids is 1. The summed E-state index contributed by atoms with van der Waals surface area (Å²) in [5.41, 5.74) is -0.201. The average molecular weight is 711 g/mol. The van der Waals surface area contributed by atoms with Crippen molar-refractivity contribution in [2.45, 2.75) is 149 Å². The minimum absolute atomic E-state index is 0.198. The van der Waals surface area contributed by atoms with Crippen molar-refractivity contribution in [3.63, 3.8) is 0 Å². The highest BCUT2D eigenvalue weighted by Crippen LogP contribution is 2.61. The molecule has 0 N–H and O–H groups in total. The number of benzene rings is 1. The molecule has 4 atom stereocenters. The second-order valence-electron chi connectivity index (χ2n) is 17.6. The van der Waals surface area contributed by atoms with Crippen LogP contribution in [-0.4, -0.2) is 81.0 Å². The lowest BCUT2D eigenvalue weighted by Crippen LogP contribution is -2.54. The number of likely N-dealkylation sites (tertiary alicyclic amines) is 1. The van der Waals surface area contributed by atoms with E-state index in [-0.39, 0.29) is 13.3 Å². The number of aromatic nitrogens is 3. The number of amides is 1. The van der Waals surface area contributed by atoms with Crippen LogP contribution >= 0.6 is 0 Å². The van der Waals surface area contributed by atoms with Crippen LogP contribution in [0.2, 0.25) is 25.7 Å². The van der Waals surface area contributed by atoms with Crippen molar-refractivity contribution in [2.24, 2.45) is 0 Å². The summed E-state index contributed by atoms with van der Waals surface area (Å²) in [6, 6.07) is 9.72. The van der Waals surface area contributed by atoms with Gasteiger partial charge in [-0.25, -0.2) is 9.78 Å². The summed E-state index contributed by atoms with van der Waals surface area (Å²) in [6.07, 6.45) is 3.01. The van der Waals surface area contributed by atoms with Gasteiger partial charge in [-0.05, 0) is 80.8 Å². The maximum absolute atomic E-state index is 14.5. The van der Waals surface area contributed by atoms with Crippen LogP contribution in [0.25, 0.3) is 11.0 Å². The molecule has 1 amide bonds. The van der Waals surface area contributed by atoms with Gasteiger partial charge in [-0.15, -0.1) is 0 Å². The third kappa shape index (κ3) is 8.04. The van der Waals surface area contributed by atoms with Crippen molar-refractivity contribution in [2.75, 3.05) is 13.2 Å². The van der Waals surface area contributed by atoms with E-state index in [1.54, 1.807) is 4.90 Å². The molecule has 0 saturated carbocycles. The van der Waals surface area contributed by atoms with E-state index in [0.717, 1.165) is 17.2 Å². The van der Waals surface area contributed by atoms with Gasteiger partial charge in [-0.2, -0.15) is 4.98 Å². The Morgan fingerprint density at radius 2 is 1.60 bits per heavy atom. The predicted molar refractivity (Wildman–Crippen MR) is 196 cm³/mol. The molecule has 11 nitrogen and oxygen atoms in total. The van der Waals surface area contributed by atoms with Crippen molar-refractivity contribution in [1.82, 2.24) is 19.4 Å². The molecule has 2 aliphatic heterocycles. The zero-order valence-electron chi connectivity index (χ0n) is 32.4. The molecule has 5 rings (SSSR count). The van der Waals surface area contributed by atoms with Crippen LogP contribution in [0.3, 0.4) is 0 Å². The molecule has 0 spiro atoms. The topological polar surface area (TPSA) is 106 Å². The molecule has 0 unspecified atom stereocenters. The Balaban J connectivity index is 1.68. The Hall–Kier alpha value is -3.03. The maximum Gasteiger partial charge on any atom is 0.411 e. The van der Waals surface area contributed by atoms with Crippen LogP contribution in [0.5, 0.6) is 5.88 Å². The van der Waals surface area contributed by atoms with Crippen LogP contribution in [0.15, 0.2) is 42.9 Å². The molecule has 1 aromatic carbocycles. The van der Waals surface area contributed by atoms with Crippen LogP contribution < -0.4 is 4.74 Å². The highest BCUT2D eigenvalue weighted by atomic mass is 28.3. The number of hydrogen-bond donors (Lipinski definition) is 0. The minimum Gasteiger partial charge on any atom is -0.471 e. The SMILES string of the molecule is CC(C)(C)OC[C@H]1N(C(=O)OC(C)(C)C)[C@@H](c2cn(COCC[Si](C)(C)C)c3c(OCc4ccccc4)ncnc23)[C@]2(C)OC(C)(C)O[C@]12C. The van der Waals surface area contributed by atoms with E-state index in [4.69, 9.17) is 33.4 Å². The fraction of sp³-hybridized carbons (Fsp3) is 0.658. The molecule has 0 bridgehead atoms. The van der Waals surface area contributed by atoms with Crippen LogP contribution in [0, 0.1) is 0 Å². The normalized spacial score (nSPS) is 25.3. The van der Waals surface area contributed by atoms with Gasteiger partial charge in [-0.3, -0.25) is 4.90 Å². The molecular weight excluding hydrogens is 653 g/mol. The maximum atomic E-state index is 14.5. The first kappa shape index (κ1) is 38.2. The summed E-state index contributed by atoms with van der Waals surface area (Å²) in [6.45, 7) is 27.8. The van der Waals surface area contributed by atoms with E-state index < -0.39 is 54.4 Å². The Kier molecular flexibility index (Phi) is 10.3. The minimum atomic E-state index is -1.33. The molecule has 2 aliphatic rings. The Bertz CT molecular complexity index is 1660. The summed E-state index contributed by atoms with van der Waals surface area (Å²) in [7, 11) is -1.33. The van der Waals surface area contributed by atoms with E-state index in [9.17, 15) is 4.79 Å². The third-order valence-corrected chi connectivity index (χ3v) is 11.0.